The lowest BCUT2D eigenvalue weighted by Gasteiger charge is -2.16. The van der Waals surface area contributed by atoms with Gasteiger partial charge < -0.3 is 5.32 Å². The van der Waals surface area contributed by atoms with Crippen molar-refractivity contribution in [1.29, 1.82) is 0 Å². The minimum Gasteiger partial charge on any atom is -0.378 e. The van der Waals surface area contributed by atoms with E-state index in [1.165, 1.54) is 12.1 Å². The highest BCUT2D eigenvalue weighted by Gasteiger charge is 2.07. The molecule has 2 aromatic rings. The summed E-state index contributed by atoms with van der Waals surface area (Å²) in [4.78, 5) is 0. The number of anilines is 2. The van der Waals surface area contributed by atoms with Gasteiger partial charge in [-0.3, -0.25) is 4.72 Å². The van der Waals surface area contributed by atoms with Crippen LogP contribution in [-0.4, -0.2) is 14.7 Å². The van der Waals surface area contributed by atoms with Crippen molar-refractivity contribution in [2.45, 2.75) is 13.0 Å². The van der Waals surface area contributed by atoms with E-state index in [2.05, 4.69) is 10.0 Å². The van der Waals surface area contributed by atoms with E-state index in [9.17, 15) is 12.8 Å². The van der Waals surface area contributed by atoms with Crippen LogP contribution in [0.4, 0.5) is 15.8 Å². The maximum absolute atomic E-state index is 13.1. The molecular formula is C15H17FN2O2S. The maximum atomic E-state index is 13.1. The number of hydrogen-bond donors (Lipinski definition) is 2. The molecule has 0 spiro atoms. The zero-order chi connectivity index (χ0) is 15.5. The average molecular weight is 308 g/mol. The predicted molar refractivity (Wildman–Crippen MR) is 83.3 cm³/mol. The van der Waals surface area contributed by atoms with Crippen LogP contribution in [0.2, 0.25) is 0 Å². The van der Waals surface area contributed by atoms with E-state index in [0.717, 1.165) is 11.8 Å². The van der Waals surface area contributed by atoms with Crippen LogP contribution in [0.15, 0.2) is 48.5 Å². The van der Waals surface area contributed by atoms with Crippen LogP contribution >= 0.6 is 0 Å². The Labute approximate surface area is 124 Å². The van der Waals surface area contributed by atoms with E-state index in [4.69, 9.17) is 0 Å². The summed E-state index contributed by atoms with van der Waals surface area (Å²) in [5.74, 6) is -0.292. The first kappa shape index (κ1) is 15.3. The van der Waals surface area contributed by atoms with Crippen molar-refractivity contribution in [2.24, 2.45) is 0 Å². The van der Waals surface area contributed by atoms with Crippen molar-refractivity contribution in [2.75, 3.05) is 16.3 Å². The predicted octanol–water partition coefficient (Wildman–Crippen LogP) is 3.37. The topological polar surface area (TPSA) is 58.2 Å². The van der Waals surface area contributed by atoms with Crippen molar-refractivity contribution >= 4 is 21.4 Å². The lowest BCUT2D eigenvalue weighted by molar-refractivity contribution is 0.607. The molecule has 0 heterocycles. The highest BCUT2D eigenvalue weighted by atomic mass is 32.2. The molecule has 0 saturated heterocycles. The van der Waals surface area contributed by atoms with Crippen LogP contribution in [0.25, 0.3) is 0 Å². The third-order valence-electron chi connectivity index (χ3n) is 2.92. The van der Waals surface area contributed by atoms with Gasteiger partial charge in [-0.15, -0.1) is 0 Å². The van der Waals surface area contributed by atoms with E-state index >= 15 is 0 Å². The zero-order valence-corrected chi connectivity index (χ0v) is 12.6. The molecule has 0 aromatic heterocycles. The Morgan fingerprint density at radius 1 is 1.05 bits per heavy atom. The second kappa shape index (κ2) is 6.13. The fraction of sp³-hybridized carbons (Fsp3) is 0.200. The van der Waals surface area contributed by atoms with Gasteiger partial charge >= 0.3 is 0 Å². The molecule has 2 aromatic carbocycles. The van der Waals surface area contributed by atoms with Gasteiger partial charge in [0.1, 0.15) is 5.82 Å². The van der Waals surface area contributed by atoms with Gasteiger partial charge in [-0.2, -0.15) is 0 Å². The van der Waals surface area contributed by atoms with Crippen LogP contribution in [0.5, 0.6) is 0 Å². The van der Waals surface area contributed by atoms with Crippen LogP contribution < -0.4 is 10.0 Å². The molecule has 1 atom stereocenters. The normalized spacial score (nSPS) is 12.7. The molecule has 112 valence electrons. The number of hydrogen-bond acceptors (Lipinski definition) is 3. The first-order valence-electron chi connectivity index (χ1n) is 6.43. The van der Waals surface area contributed by atoms with Crippen LogP contribution in [0, 0.1) is 5.82 Å². The van der Waals surface area contributed by atoms with Gasteiger partial charge in [0.05, 0.1) is 6.26 Å². The molecule has 0 radical (unpaired) electrons. The average Bonchev–Trinajstić information content (AvgIpc) is 2.37. The molecule has 6 heteroatoms. The quantitative estimate of drug-likeness (QED) is 0.890. The molecule has 0 saturated carbocycles. The summed E-state index contributed by atoms with van der Waals surface area (Å²) in [6.07, 6.45) is 1.11. The standard InChI is InChI=1S/C15H17FN2O2S/c1-11(17-15-5-3-4-13(16)10-15)12-6-8-14(9-7-12)18-21(2,19)20/h3-11,17-18H,1-2H3/t11-/m1/s1. The second-order valence-corrected chi connectivity index (χ2v) is 6.62. The Kier molecular flexibility index (Phi) is 4.47. The van der Waals surface area contributed by atoms with E-state index in [1.54, 1.807) is 24.3 Å². The summed E-state index contributed by atoms with van der Waals surface area (Å²) in [6, 6.07) is 13.3. The van der Waals surface area contributed by atoms with Crippen molar-refractivity contribution in [3.8, 4) is 0 Å². The van der Waals surface area contributed by atoms with E-state index < -0.39 is 10.0 Å². The fourth-order valence-corrected chi connectivity index (χ4v) is 2.53. The highest BCUT2D eigenvalue weighted by molar-refractivity contribution is 7.92. The van der Waals surface area contributed by atoms with Crippen molar-refractivity contribution in [3.63, 3.8) is 0 Å². The summed E-state index contributed by atoms with van der Waals surface area (Å²) in [5, 5.41) is 3.19. The molecule has 21 heavy (non-hydrogen) atoms. The Morgan fingerprint density at radius 2 is 1.71 bits per heavy atom. The lowest BCUT2D eigenvalue weighted by Crippen LogP contribution is -2.10. The lowest BCUT2D eigenvalue weighted by atomic mass is 10.1. The summed E-state index contributed by atoms with van der Waals surface area (Å²) in [5.41, 5.74) is 2.18. The van der Waals surface area contributed by atoms with E-state index in [1.807, 2.05) is 19.1 Å². The van der Waals surface area contributed by atoms with Gasteiger partial charge in [0, 0.05) is 17.4 Å². The molecule has 0 aliphatic carbocycles. The molecule has 0 unspecified atom stereocenters. The second-order valence-electron chi connectivity index (χ2n) is 4.87. The minimum absolute atomic E-state index is 0.0286. The molecule has 0 amide bonds. The molecule has 2 N–H and O–H groups in total. The molecule has 4 nitrogen and oxygen atoms in total. The van der Waals surface area contributed by atoms with Gasteiger partial charge in [-0.05, 0) is 42.8 Å². The molecule has 0 aliphatic rings. The van der Waals surface area contributed by atoms with Crippen molar-refractivity contribution in [3.05, 3.63) is 59.9 Å². The maximum Gasteiger partial charge on any atom is 0.229 e. The summed E-state index contributed by atoms with van der Waals surface area (Å²) >= 11 is 0. The molecule has 0 fully saturated rings. The smallest absolute Gasteiger partial charge is 0.229 e. The molecule has 0 aliphatic heterocycles. The first-order chi connectivity index (χ1) is 9.83. The van der Waals surface area contributed by atoms with Gasteiger partial charge in [-0.25, -0.2) is 12.8 Å². The third-order valence-corrected chi connectivity index (χ3v) is 3.53. The minimum atomic E-state index is -3.27. The number of rotatable bonds is 5. The van der Waals surface area contributed by atoms with Crippen molar-refractivity contribution in [1.82, 2.24) is 0 Å². The third kappa shape index (κ3) is 4.75. The zero-order valence-electron chi connectivity index (χ0n) is 11.8. The number of halogens is 1. The van der Waals surface area contributed by atoms with E-state index in [-0.39, 0.29) is 11.9 Å². The Morgan fingerprint density at radius 3 is 2.29 bits per heavy atom. The Bertz CT molecular complexity index is 715. The van der Waals surface area contributed by atoms with Crippen LogP contribution in [-0.2, 0) is 10.0 Å². The highest BCUT2D eigenvalue weighted by Crippen LogP contribution is 2.21. The van der Waals surface area contributed by atoms with Gasteiger partial charge in [-0.1, -0.05) is 18.2 Å². The molecule has 0 bridgehead atoms. The summed E-state index contributed by atoms with van der Waals surface area (Å²) in [6.45, 7) is 1.95. The number of nitrogens with one attached hydrogen (secondary N) is 2. The molecular weight excluding hydrogens is 291 g/mol. The number of benzene rings is 2. The van der Waals surface area contributed by atoms with E-state index in [0.29, 0.717) is 11.4 Å². The van der Waals surface area contributed by atoms with Gasteiger partial charge in [0.25, 0.3) is 0 Å². The van der Waals surface area contributed by atoms with Crippen LogP contribution in [0.1, 0.15) is 18.5 Å². The van der Waals surface area contributed by atoms with Crippen LogP contribution in [0.3, 0.4) is 0 Å². The SMILES string of the molecule is C[C@@H](Nc1cccc(F)c1)c1ccc(NS(C)(=O)=O)cc1. The summed E-state index contributed by atoms with van der Waals surface area (Å²) in [7, 11) is -3.27. The number of sulfonamides is 1. The van der Waals surface area contributed by atoms with Gasteiger partial charge in [0.15, 0.2) is 0 Å². The van der Waals surface area contributed by atoms with Gasteiger partial charge in [0.2, 0.25) is 10.0 Å². The molecule has 2 rings (SSSR count). The Balaban J connectivity index is 2.08. The first-order valence-corrected chi connectivity index (χ1v) is 8.32. The monoisotopic (exact) mass is 308 g/mol. The summed E-state index contributed by atoms with van der Waals surface area (Å²) < 4.78 is 37.8. The largest absolute Gasteiger partial charge is 0.378 e. The Hall–Kier alpha value is -2.08. The fourth-order valence-electron chi connectivity index (χ4n) is 1.97. The van der Waals surface area contributed by atoms with Crippen molar-refractivity contribution < 1.29 is 12.8 Å².